The van der Waals surface area contributed by atoms with Gasteiger partial charge in [-0.1, -0.05) is 25.1 Å². The Bertz CT molecular complexity index is 586. The molecule has 112 valence electrons. The Morgan fingerprint density at radius 1 is 1.33 bits per heavy atom. The van der Waals surface area contributed by atoms with Gasteiger partial charge in [0.2, 0.25) is 0 Å². The van der Waals surface area contributed by atoms with Crippen LogP contribution in [0.1, 0.15) is 42.3 Å². The van der Waals surface area contributed by atoms with Crippen molar-refractivity contribution in [3.63, 3.8) is 0 Å². The molecule has 21 heavy (non-hydrogen) atoms. The molecule has 0 bridgehead atoms. The molecule has 0 radical (unpaired) electrons. The van der Waals surface area contributed by atoms with Crippen LogP contribution in [0.2, 0.25) is 0 Å². The molecule has 0 spiro atoms. The van der Waals surface area contributed by atoms with Crippen LogP contribution in [0.25, 0.3) is 0 Å². The lowest BCUT2D eigenvalue weighted by molar-refractivity contribution is -0.137. The monoisotopic (exact) mass is 307 g/mol. The maximum Gasteiger partial charge on any atom is 0.305 e. The lowest BCUT2D eigenvalue weighted by Crippen LogP contribution is -2.27. The van der Waals surface area contributed by atoms with Crippen molar-refractivity contribution in [3.8, 4) is 0 Å². The average molecular weight is 307 g/mol. The Morgan fingerprint density at radius 2 is 2.14 bits per heavy atom. The van der Waals surface area contributed by atoms with Crippen LogP contribution in [-0.2, 0) is 4.79 Å². The van der Waals surface area contributed by atoms with Crippen molar-refractivity contribution in [2.75, 3.05) is 0 Å². The summed E-state index contributed by atoms with van der Waals surface area (Å²) in [6.07, 6.45) is 0.761. The first-order valence-electron chi connectivity index (χ1n) is 6.87. The molecule has 5 heteroatoms. The van der Waals surface area contributed by atoms with Crippen molar-refractivity contribution < 1.29 is 14.3 Å². The third-order valence-corrected chi connectivity index (χ3v) is 4.31. The van der Waals surface area contributed by atoms with E-state index >= 15 is 0 Å². The van der Waals surface area contributed by atoms with Crippen LogP contribution in [0, 0.1) is 5.82 Å². The molecular formula is C16H18FNO2S. The van der Waals surface area contributed by atoms with Gasteiger partial charge in [-0.15, -0.1) is 11.3 Å². The second-order valence-electron chi connectivity index (χ2n) is 4.85. The Hall–Kier alpha value is -1.72. The van der Waals surface area contributed by atoms with Crippen LogP contribution >= 0.6 is 11.3 Å². The molecule has 0 saturated heterocycles. The number of hydrogen-bond donors (Lipinski definition) is 2. The van der Waals surface area contributed by atoms with E-state index in [1.165, 1.54) is 23.5 Å². The first kappa shape index (κ1) is 15.7. The lowest BCUT2D eigenvalue weighted by Gasteiger charge is -2.24. The van der Waals surface area contributed by atoms with Crippen LogP contribution in [0.3, 0.4) is 0 Å². The zero-order chi connectivity index (χ0) is 15.2. The first-order valence-corrected chi connectivity index (χ1v) is 7.74. The van der Waals surface area contributed by atoms with Gasteiger partial charge >= 0.3 is 5.97 Å². The number of hydrogen-bond acceptors (Lipinski definition) is 3. The van der Waals surface area contributed by atoms with E-state index < -0.39 is 5.97 Å². The van der Waals surface area contributed by atoms with E-state index in [1.807, 2.05) is 30.5 Å². The van der Waals surface area contributed by atoms with Crippen molar-refractivity contribution in [2.45, 2.75) is 31.8 Å². The highest BCUT2D eigenvalue weighted by atomic mass is 32.1. The zero-order valence-electron chi connectivity index (χ0n) is 11.8. The molecule has 1 heterocycles. The van der Waals surface area contributed by atoms with Gasteiger partial charge in [-0.2, -0.15) is 0 Å². The third kappa shape index (κ3) is 4.37. The standard InChI is InChI=1S/C16H18FNO2S/c1-2-13(11-5-3-6-12(17)9-11)18-14(10-16(19)20)15-7-4-8-21-15/h3-9,13-14,18H,2,10H2,1H3,(H,19,20). The van der Waals surface area contributed by atoms with Gasteiger partial charge < -0.3 is 10.4 Å². The van der Waals surface area contributed by atoms with Crippen molar-refractivity contribution in [2.24, 2.45) is 0 Å². The molecule has 2 rings (SSSR count). The fourth-order valence-electron chi connectivity index (χ4n) is 2.32. The summed E-state index contributed by atoms with van der Waals surface area (Å²) in [4.78, 5) is 12.0. The van der Waals surface area contributed by atoms with Crippen LogP contribution in [0.5, 0.6) is 0 Å². The van der Waals surface area contributed by atoms with Crippen molar-refractivity contribution >= 4 is 17.3 Å². The van der Waals surface area contributed by atoms with Gasteiger partial charge in [0.15, 0.2) is 0 Å². The molecule has 0 aliphatic heterocycles. The summed E-state index contributed by atoms with van der Waals surface area (Å²) in [6, 6.07) is 9.91. The molecule has 0 aliphatic carbocycles. The number of carboxylic acid groups (broad SMARTS) is 1. The molecule has 0 saturated carbocycles. The van der Waals surface area contributed by atoms with Gasteiger partial charge in [-0.05, 0) is 35.6 Å². The Balaban J connectivity index is 2.19. The highest BCUT2D eigenvalue weighted by Gasteiger charge is 2.21. The first-order chi connectivity index (χ1) is 10.1. The van der Waals surface area contributed by atoms with E-state index in [0.29, 0.717) is 0 Å². The second-order valence-corrected chi connectivity index (χ2v) is 5.83. The number of nitrogens with one attached hydrogen (secondary N) is 1. The molecule has 1 aromatic heterocycles. The summed E-state index contributed by atoms with van der Waals surface area (Å²) in [5, 5.41) is 14.4. The topological polar surface area (TPSA) is 49.3 Å². The summed E-state index contributed by atoms with van der Waals surface area (Å²) in [5.74, 6) is -1.13. The van der Waals surface area contributed by atoms with Crippen LogP contribution in [0.4, 0.5) is 4.39 Å². The van der Waals surface area contributed by atoms with Crippen molar-refractivity contribution in [1.29, 1.82) is 0 Å². The highest BCUT2D eigenvalue weighted by molar-refractivity contribution is 7.10. The third-order valence-electron chi connectivity index (χ3n) is 3.33. The summed E-state index contributed by atoms with van der Waals surface area (Å²) in [7, 11) is 0. The smallest absolute Gasteiger partial charge is 0.305 e. The van der Waals surface area contributed by atoms with Crippen LogP contribution < -0.4 is 5.32 Å². The molecule has 2 aromatic rings. The average Bonchev–Trinajstić information content (AvgIpc) is 2.97. The molecule has 2 atom stereocenters. The number of halogens is 1. The Kier molecular flexibility index (Phi) is 5.47. The molecule has 0 aliphatic rings. The Labute approximate surface area is 127 Å². The van der Waals surface area contributed by atoms with Gasteiger partial charge in [0.05, 0.1) is 12.5 Å². The predicted octanol–water partition coefficient (Wildman–Crippen LogP) is 4.14. The normalized spacial score (nSPS) is 13.8. The number of thiophene rings is 1. The van der Waals surface area contributed by atoms with Gasteiger partial charge in [0.25, 0.3) is 0 Å². The van der Waals surface area contributed by atoms with Crippen molar-refractivity contribution in [1.82, 2.24) is 5.32 Å². The van der Waals surface area contributed by atoms with E-state index in [4.69, 9.17) is 5.11 Å². The number of rotatable bonds is 7. The fourth-order valence-corrected chi connectivity index (χ4v) is 3.11. The zero-order valence-corrected chi connectivity index (χ0v) is 12.6. The number of carboxylic acids is 1. The Morgan fingerprint density at radius 3 is 2.71 bits per heavy atom. The summed E-state index contributed by atoms with van der Waals surface area (Å²) < 4.78 is 13.4. The number of aliphatic carboxylic acids is 1. The van der Waals surface area contributed by atoms with E-state index in [2.05, 4.69) is 5.32 Å². The van der Waals surface area contributed by atoms with E-state index in [1.54, 1.807) is 6.07 Å². The molecule has 2 N–H and O–H groups in total. The largest absolute Gasteiger partial charge is 0.481 e. The van der Waals surface area contributed by atoms with Crippen molar-refractivity contribution in [3.05, 3.63) is 58.0 Å². The van der Waals surface area contributed by atoms with Gasteiger partial charge in [0, 0.05) is 10.9 Å². The van der Waals surface area contributed by atoms with Gasteiger partial charge in [-0.3, -0.25) is 4.79 Å². The minimum atomic E-state index is -0.852. The summed E-state index contributed by atoms with van der Waals surface area (Å²) in [6.45, 7) is 1.99. The lowest BCUT2D eigenvalue weighted by atomic mass is 10.0. The number of carbonyl (C=O) groups is 1. The fraction of sp³-hybridized carbons (Fsp3) is 0.312. The minimum Gasteiger partial charge on any atom is -0.481 e. The second kappa shape index (κ2) is 7.33. The maximum absolute atomic E-state index is 13.4. The summed E-state index contributed by atoms with van der Waals surface area (Å²) in [5.41, 5.74) is 0.837. The quantitative estimate of drug-likeness (QED) is 0.808. The number of benzene rings is 1. The van der Waals surface area contributed by atoms with Gasteiger partial charge in [-0.25, -0.2) is 4.39 Å². The van der Waals surface area contributed by atoms with E-state index in [-0.39, 0.29) is 24.3 Å². The van der Waals surface area contributed by atoms with E-state index in [0.717, 1.165) is 16.9 Å². The van der Waals surface area contributed by atoms with Crippen LogP contribution in [-0.4, -0.2) is 11.1 Å². The molecule has 3 nitrogen and oxygen atoms in total. The molecular weight excluding hydrogens is 289 g/mol. The van der Waals surface area contributed by atoms with Crippen LogP contribution in [0.15, 0.2) is 41.8 Å². The van der Waals surface area contributed by atoms with Gasteiger partial charge in [0.1, 0.15) is 5.82 Å². The SMILES string of the molecule is CCC(NC(CC(=O)O)c1cccs1)c1cccc(F)c1. The molecule has 0 fully saturated rings. The predicted molar refractivity (Wildman–Crippen MR) is 81.9 cm³/mol. The van der Waals surface area contributed by atoms with E-state index in [9.17, 15) is 9.18 Å². The highest BCUT2D eigenvalue weighted by Crippen LogP contribution is 2.27. The maximum atomic E-state index is 13.4. The minimum absolute atomic E-state index is 0.00628. The summed E-state index contributed by atoms with van der Waals surface area (Å²) >= 11 is 1.52. The molecule has 2 unspecified atom stereocenters. The molecule has 1 aromatic carbocycles. The molecule has 0 amide bonds.